The minimum atomic E-state index is 0. The topological polar surface area (TPSA) is 84.6 Å². The average Bonchev–Trinajstić information content (AvgIpc) is 3.12. The van der Waals surface area contributed by atoms with E-state index in [2.05, 4.69) is 39.6 Å². The molecule has 2 aromatic heterocycles. The molecule has 8 heteroatoms. The van der Waals surface area contributed by atoms with Crippen LogP contribution in [0.1, 0.15) is 44.1 Å². The van der Waals surface area contributed by atoms with Gasteiger partial charge in [-0.15, -0.1) is 24.0 Å². The Balaban J connectivity index is 0.00000338. The van der Waals surface area contributed by atoms with Crippen LogP contribution in [0, 0.1) is 0 Å². The third-order valence-electron chi connectivity index (χ3n) is 3.93. The molecule has 0 aliphatic rings. The van der Waals surface area contributed by atoms with Gasteiger partial charge in [-0.2, -0.15) is 0 Å². The molecule has 0 radical (unpaired) electrons. The van der Waals surface area contributed by atoms with Crippen LogP contribution in [0.5, 0.6) is 5.75 Å². The van der Waals surface area contributed by atoms with Crippen molar-refractivity contribution in [3.63, 3.8) is 0 Å². The Labute approximate surface area is 172 Å². The number of aliphatic imine (C=N–C) groups is 1. The van der Waals surface area contributed by atoms with Gasteiger partial charge in [-0.3, -0.25) is 9.98 Å². The van der Waals surface area contributed by atoms with E-state index in [1.54, 1.807) is 19.4 Å². The third kappa shape index (κ3) is 7.19. The zero-order valence-electron chi connectivity index (χ0n) is 15.6. The van der Waals surface area contributed by atoms with Gasteiger partial charge in [-0.25, -0.2) is 0 Å². The zero-order valence-corrected chi connectivity index (χ0v) is 17.9. The van der Waals surface area contributed by atoms with E-state index >= 15 is 0 Å². The van der Waals surface area contributed by atoms with Crippen molar-refractivity contribution in [2.24, 2.45) is 4.99 Å². The van der Waals surface area contributed by atoms with Crippen LogP contribution in [0.15, 0.2) is 40.1 Å². The molecule has 0 aromatic carbocycles. The van der Waals surface area contributed by atoms with E-state index in [4.69, 9.17) is 9.26 Å². The number of pyridine rings is 1. The largest absolute Gasteiger partial charge is 0.490 e. The van der Waals surface area contributed by atoms with Crippen LogP contribution < -0.4 is 15.4 Å². The van der Waals surface area contributed by atoms with E-state index in [0.29, 0.717) is 31.6 Å². The number of ether oxygens (including phenoxy) is 1. The van der Waals surface area contributed by atoms with Crippen LogP contribution >= 0.6 is 24.0 Å². The first-order chi connectivity index (χ1) is 12.3. The number of nitrogens with one attached hydrogen (secondary N) is 2. The van der Waals surface area contributed by atoms with Gasteiger partial charge < -0.3 is 19.9 Å². The summed E-state index contributed by atoms with van der Waals surface area (Å²) in [6.07, 6.45) is 5.54. The number of hydrogen-bond donors (Lipinski definition) is 2. The summed E-state index contributed by atoms with van der Waals surface area (Å²) in [5.74, 6) is 2.70. The summed E-state index contributed by atoms with van der Waals surface area (Å²) in [6.45, 7) is 6.02. The molecule has 0 atom stereocenters. The Morgan fingerprint density at radius 3 is 2.77 bits per heavy atom. The molecule has 0 amide bonds. The van der Waals surface area contributed by atoms with E-state index in [9.17, 15) is 0 Å². The second kappa shape index (κ2) is 12.5. The van der Waals surface area contributed by atoms with Crippen LogP contribution in [0.25, 0.3) is 0 Å². The van der Waals surface area contributed by atoms with Crippen molar-refractivity contribution in [2.75, 3.05) is 20.2 Å². The predicted molar refractivity (Wildman–Crippen MR) is 113 cm³/mol. The summed E-state index contributed by atoms with van der Waals surface area (Å²) in [7, 11) is 1.73. The first kappa shape index (κ1) is 22.2. The average molecular weight is 473 g/mol. The van der Waals surface area contributed by atoms with Crippen LogP contribution in [0.2, 0.25) is 0 Å². The van der Waals surface area contributed by atoms with Crippen LogP contribution in [-0.2, 0) is 6.54 Å². The fourth-order valence-corrected chi connectivity index (χ4v) is 2.47. The zero-order chi connectivity index (χ0) is 17.9. The van der Waals surface area contributed by atoms with Gasteiger partial charge in [-0.05, 0) is 25.0 Å². The van der Waals surface area contributed by atoms with Crippen molar-refractivity contribution in [3.05, 3.63) is 42.0 Å². The molecule has 0 spiro atoms. The molecule has 0 bridgehead atoms. The van der Waals surface area contributed by atoms with Crippen LogP contribution in [0.3, 0.4) is 0 Å². The molecule has 2 rings (SSSR count). The summed E-state index contributed by atoms with van der Waals surface area (Å²) in [5.41, 5.74) is 1.02. The monoisotopic (exact) mass is 473 g/mol. The highest BCUT2D eigenvalue weighted by Crippen LogP contribution is 2.22. The van der Waals surface area contributed by atoms with E-state index in [0.717, 1.165) is 30.0 Å². The maximum Gasteiger partial charge on any atom is 0.191 e. The first-order valence-electron chi connectivity index (χ1n) is 8.69. The highest BCUT2D eigenvalue weighted by atomic mass is 127. The highest BCUT2D eigenvalue weighted by Gasteiger charge is 2.13. The second-order valence-electron chi connectivity index (χ2n) is 5.62. The van der Waals surface area contributed by atoms with Gasteiger partial charge in [0.1, 0.15) is 12.4 Å². The van der Waals surface area contributed by atoms with Gasteiger partial charge in [-0.1, -0.05) is 19.0 Å². The summed E-state index contributed by atoms with van der Waals surface area (Å²) >= 11 is 0. The molecule has 0 unspecified atom stereocenters. The quantitative estimate of drug-likeness (QED) is 0.252. The molecule has 2 N–H and O–H groups in total. The van der Waals surface area contributed by atoms with Crippen molar-refractivity contribution in [3.8, 4) is 5.75 Å². The van der Waals surface area contributed by atoms with Crippen LogP contribution in [0.4, 0.5) is 0 Å². The SMILES string of the molecule is CCC(CC)c1cc(CNC(=NC)NCCOc2cccnc2)on1.I. The van der Waals surface area contributed by atoms with Crippen molar-refractivity contribution >= 4 is 29.9 Å². The molecule has 7 nitrogen and oxygen atoms in total. The van der Waals surface area contributed by atoms with Crippen molar-refractivity contribution < 1.29 is 9.26 Å². The number of aromatic nitrogens is 2. The molecule has 2 heterocycles. The van der Waals surface area contributed by atoms with E-state index in [1.807, 2.05) is 18.2 Å². The van der Waals surface area contributed by atoms with Gasteiger partial charge in [0.2, 0.25) is 0 Å². The van der Waals surface area contributed by atoms with Crippen molar-refractivity contribution in [1.82, 2.24) is 20.8 Å². The summed E-state index contributed by atoms with van der Waals surface area (Å²) in [5, 5.41) is 10.6. The molecular weight excluding hydrogens is 445 g/mol. The molecule has 2 aromatic rings. The number of hydrogen-bond acceptors (Lipinski definition) is 5. The van der Waals surface area contributed by atoms with Crippen LogP contribution in [-0.4, -0.2) is 36.3 Å². The molecule has 0 saturated heterocycles. The van der Waals surface area contributed by atoms with Gasteiger partial charge in [0.05, 0.1) is 25.0 Å². The predicted octanol–water partition coefficient (Wildman–Crippen LogP) is 3.34. The van der Waals surface area contributed by atoms with Crippen molar-refractivity contribution in [1.29, 1.82) is 0 Å². The van der Waals surface area contributed by atoms with Gasteiger partial charge >= 0.3 is 0 Å². The lowest BCUT2D eigenvalue weighted by atomic mass is 9.99. The lowest BCUT2D eigenvalue weighted by Gasteiger charge is -2.11. The molecular formula is C18H28IN5O2. The number of guanidine groups is 1. The van der Waals surface area contributed by atoms with Gasteiger partial charge in [0.25, 0.3) is 0 Å². The minimum Gasteiger partial charge on any atom is -0.490 e. The fourth-order valence-electron chi connectivity index (χ4n) is 2.47. The Kier molecular flexibility index (Phi) is 10.7. The standard InChI is InChI=1S/C18H27N5O2.HI/c1-4-14(5-2)17-11-16(25-23-17)13-22-18(19-3)21-9-10-24-15-7-6-8-20-12-15;/h6-8,11-12,14H,4-5,9-10,13H2,1-3H3,(H2,19,21,22);1H. The highest BCUT2D eigenvalue weighted by molar-refractivity contribution is 14.0. The molecule has 0 aliphatic heterocycles. The van der Waals surface area contributed by atoms with Gasteiger partial charge in [0, 0.05) is 25.2 Å². The Hall–Kier alpha value is -1.84. The summed E-state index contributed by atoms with van der Waals surface area (Å²) < 4.78 is 11.0. The molecule has 0 saturated carbocycles. The summed E-state index contributed by atoms with van der Waals surface area (Å²) in [4.78, 5) is 8.19. The number of nitrogens with zero attached hydrogens (tertiary/aromatic N) is 3. The van der Waals surface area contributed by atoms with Crippen molar-refractivity contribution in [2.45, 2.75) is 39.2 Å². The third-order valence-corrected chi connectivity index (χ3v) is 3.93. The van der Waals surface area contributed by atoms with E-state index in [-0.39, 0.29) is 24.0 Å². The lowest BCUT2D eigenvalue weighted by Crippen LogP contribution is -2.38. The number of rotatable bonds is 9. The van der Waals surface area contributed by atoms with Gasteiger partial charge in [0.15, 0.2) is 11.7 Å². The Morgan fingerprint density at radius 1 is 1.31 bits per heavy atom. The fraction of sp³-hybridized carbons (Fsp3) is 0.500. The minimum absolute atomic E-state index is 0. The molecule has 144 valence electrons. The molecule has 26 heavy (non-hydrogen) atoms. The maximum atomic E-state index is 5.58. The van der Waals surface area contributed by atoms with E-state index in [1.165, 1.54) is 0 Å². The molecule has 0 fully saturated rings. The normalized spacial score (nSPS) is 11.2. The molecule has 0 aliphatic carbocycles. The second-order valence-corrected chi connectivity index (χ2v) is 5.62. The lowest BCUT2D eigenvalue weighted by molar-refractivity contribution is 0.320. The smallest absolute Gasteiger partial charge is 0.191 e. The first-order valence-corrected chi connectivity index (χ1v) is 8.69. The Morgan fingerprint density at radius 2 is 2.12 bits per heavy atom. The Bertz CT molecular complexity index is 644. The summed E-state index contributed by atoms with van der Waals surface area (Å²) in [6, 6.07) is 5.74. The number of halogens is 1. The van der Waals surface area contributed by atoms with E-state index < -0.39 is 0 Å². The maximum absolute atomic E-state index is 5.58.